The van der Waals surface area contributed by atoms with Gasteiger partial charge in [0.1, 0.15) is 6.10 Å². The minimum Gasteiger partial charge on any atom is -0.461 e. The first-order valence-electron chi connectivity index (χ1n) is 6.41. The first-order valence-corrected chi connectivity index (χ1v) is 8.23. The Hall–Kier alpha value is -1.36. The fourth-order valence-corrected chi connectivity index (χ4v) is 3.84. The Morgan fingerprint density at radius 1 is 1.37 bits per heavy atom. The van der Waals surface area contributed by atoms with Crippen LogP contribution in [0.1, 0.15) is 24.0 Å². The SMILES string of the molecule is Cc1ccccc1CC(=O)OC1CCCS(=O)(=O)C1. The van der Waals surface area contributed by atoms with Crippen LogP contribution in [0.25, 0.3) is 0 Å². The lowest BCUT2D eigenvalue weighted by atomic mass is 10.1. The number of ether oxygens (including phenoxy) is 1. The second kappa shape index (κ2) is 5.74. The number of carbonyl (C=O) groups is 1. The number of hydrogen-bond acceptors (Lipinski definition) is 4. The van der Waals surface area contributed by atoms with Crippen LogP contribution in [0.4, 0.5) is 0 Å². The minimum absolute atomic E-state index is 0.0352. The van der Waals surface area contributed by atoms with Crippen LogP contribution in [-0.2, 0) is 25.8 Å². The molecule has 0 spiro atoms. The lowest BCUT2D eigenvalue weighted by molar-refractivity contribution is -0.147. The van der Waals surface area contributed by atoms with Crippen molar-refractivity contribution in [3.05, 3.63) is 35.4 Å². The van der Waals surface area contributed by atoms with Crippen molar-refractivity contribution in [3.63, 3.8) is 0 Å². The van der Waals surface area contributed by atoms with Crippen LogP contribution in [-0.4, -0.2) is 32.0 Å². The largest absolute Gasteiger partial charge is 0.461 e. The summed E-state index contributed by atoms with van der Waals surface area (Å²) in [6.07, 6.45) is 0.933. The molecule has 1 heterocycles. The molecule has 1 atom stereocenters. The molecule has 1 saturated heterocycles. The standard InChI is InChI=1S/C14H18O4S/c1-11-5-2-3-6-12(11)9-14(15)18-13-7-4-8-19(16,17)10-13/h2-3,5-6,13H,4,7-10H2,1H3. The zero-order chi connectivity index (χ0) is 13.9. The van der Waals surface area contributed by atoms with E-state index in [9.17, 15) is 13.2 Å². The molecule has 0 radical (unpaired) electrons. The van der Waals surface area contributed by atoms with E-state index >= 15 is 0 Å². The Morgan fingerprint density at radius 3 is 2.79 bits per heavy atom. The van der Waals surface area contributed by atoms with Crippen molar-refractivity contribution in [2.24, 2.45) is 0 Å². The molecule has 0 aromatic heterocycles. The molecular weight excluding hydrogens is 264 g/mol. The van der Waals surface area contributed by atoms with Gasteiger partial charge in [-0.15, -0.1) is 0 Å². The monoisotopic (exact) mass is 282 g/mol. The molecule has 0 bridgehead atoms. The molecule has 1 unspecified atom stereocenters. The average Bonchev–Trinajstić information content (AvgIpc) is 2.30. The fraction of sp³-hybridized carbons (Fsp3) is 0.500. The summed E-state index contributed by atoms with van der Waals surface area (Å²) in [5.41, 5.74) is 1.96. The summed E-state index contributed by atoms with van der Waals surface area (Å²) in [4.78, 5) is 11.8. The van der Waals surface area contributed by atoms with Gasteiger partial charge in [0.2, 0.25) is 0 Å². The van der Waals surface area contributed by atoms with Crippen LogP contribution < -0.4 is 0 Å². The second-order valence-corrected chi connectivity index (χ2v) is 7.20. The molecule has 1 aliphatic heterocycles. The Labute approximate surface area is 113 Å². The molecule has 1 aromatic rings. The predicted octanol–water partition coefficient (Wildman–Crippen LogP) is 1.66. The number of aryl methyl sites for hydroxylation is 1. The topological polar surface area (TPSA) is 60.4 Å². The van der Waals surface area contributed by atoms with E-state index in [4.69, 9.17) is 4.74 Å². The Morgan fingerprint density at radius 2 is 2.11 bits per heavy atom. The van der Waals surface area contributed by atoms with Crippen LogP contribution in [0.2, 0.25) is 0 Å². The predicted molar refractivity (Wildman–Crippen MR) is 72.7 cm³/mol. The average molecular weight is 282 g/mol. The van der Waals surface area contributed by atoms with E-state index in [0.29, 0.717) is 12.8 Å². The number of hydrogen-bond donors (Lipinski definition) is 0. The quantitative estimate of drug-likeness (QED) is 0.791. The van der Waals surface area contributed by atoms with Crippen LogP contribution >= 0.6 is 0 Å². The summed E-state index contributed by atoms with van der Waals surface area (Å²) >= 11 is 0. The van der Waals surface area contributed by atoms with Gasteiger partial charge in [0.25, 0.3) is 0 Å². The zero-order valence-electron chi connectivity index (χ0n) is 11.0. The number of rotatable bonds is 3. The van der Waals surface area contributed by atoms with Crippen molar-refractivity contribution in [3.8, 4) is 0 Å². The summed E-state index contributed by atoms with van der Waals surface area (Å²) in [6.45, 7) is 1.94. The maximum atomic E-state index is 11.8. The number of sulfone groups is 1. The van der Waals surface area contributed by atoms with E-state index in [0.717, 1.165) is 11.1 Å². The summed E-state index contributed by atoms with van der Waals surface area (Å²) in [5.74, 6) is -0.179. The number of esters is 1. The molecule has 1 aromatic carbocycles. The molecule has 0 amide bonds. The highest BCUT2D eigenvalue weighted by molar-refractivity contribution is 7.91. The zero-order valence-corrected chi connectivity index (χ0v) is 11.8. The van der Waals surface area contributed by atoms with Crippen molar-refractivity contribution in [1.82, 2.24) is 0 Å². The first-order chi connectivity index (χ1) is 8.96. The van der Waals surface area contributed by atoms with Crippen molar-refractivity contribution < 1.29 is 17.9 Å². The smallest absolute Gasteiger partial charge is 0.310 e. The molecule has 0 saturated carbocycles. The van der Waals surface area contributed by atoms with E-state index in [1.54, 1.807) is 0 Å². The van der Waals surface area contributed by atoms with Gasteiger partial charge in [0.05, 0.1) is 17.9 Å². The van der Waals surface area contributed by atoms with Gasteiger partial charge in [-0.2, -0.15) is 0 Å². The summed E-state index contributed by atoms with van der Waals surface area (Å²) in [7, 11) is -3.04. The fourth-order valence-electron chi connectivity index (χ4n) is 2.27. The van der Waals surface area contributed by atoms with Crippen LogP contribution in [0.3, 0.4) is 0 Å². The summed E-state index contributed by atoms with van der Waals surface area (Å²) in [5, 5.41) is 0. The third-order valence-corrected chi connectivity index (χ3v) is 5.11. The second-order valence-electron chi connectivity index (χ2n) is 4.97. The molecule has 104 valence electrons. The van der Waals surface area contributed by atoms with Gasteiger partial charge < -0.3 is 4.74 Å². The molecule has 19 heavy (non-hydrogen) atoms. The summed E-state index contributed by atoms with van der Waals surface area (Å²) < 4.78 is 28.2. The minimum atomic E-state index is -3.04. The lowest BCUT2D eigenvalue weighted by Crippen LogP contribution is -2.33. The van der Waals surface area contributed by atoms with Crippen LogP contribution in [0.5, 0.6) is 0 Å². The van der Waals surface area contributed by atoms with Crippen LogP contribution in [0.15, 0.2) is 24.3 Å². The maximum Gasteiger partial charge on any atom is 0.310 e. The van der Waals surface area contributed by atoms with Gasteiger partial charge in [-0.1, -0.05) is 24.3 Å². The van der Waals surface area contributed by atoms with E-state index in [1.165, 1.54) is 0 Å². The highest BCUT2D eigenvalue weighted by atomic mass is 32.2. The van der Waals surface area contributed by atoms with Gasteiger partial charge in [0.15, 0.2) is 9.84 Å². The molecular formula is C14H18O4S. The third-order valence-electron chi connectivity index (χ3n) is 3.32. The molecule has 1 aliphatic rings. The highest BCUT2D eigenvalue weighted by Crippen LogP contribution is 2.16. The Balaban J connectivity index is 1.93. The number of benzene rings is 1. The van der Waals surface area contributed by atoms with Gasteiger partial charge in [-0.25, -0.2) is 8.42 Å². The molecule has 0 aliphatic carbocycles. The Kier molecular flexibility index (Phi) is 4.24. The van der Waals surface area contributed by atoms with Crippen molar-refractivity contribution in [2.75, 3.05) is 11.5 Å². The molecule has 4 nitrogen and oxygen atoms in total. The maximum absolute atomic E-state index is 11.8. The van der Waals surface area contributed by atoms with Gasteiger partial charge in [-0.3, -0.25) is 4.79 Å². The van der Waals surface area contributed by atoms with E-state index in [1.807, 2.05) is 31.2 Å². The lowest BCUT2D eigenvalue weighted by Gasteiger charge is -2.22. The normalized spacial score (nSPS) is 21.8. The number of carbonyl (C=O) groups excluding carboxylic acids is 1. The van der Waals surface area contributed by atoms with E-state index < -0.39 is 15.9 Å². The highest BCUT2D eigenvalue weighted by Gasteiger charge is 2.27. The van der Waals surface area contributed by atoms with E-state index in [-0.39, 0.29) is 23.9 Å². The van der Waals surface area contributed by atoms with Crippen LogP contribution in [0, 0.1) is 6.92 Å². The van der Waals surface area contributed by atoms with Gasteiger partial charge in [-0.05, 0) is 30.9 Å². The molecule has 1 fully saturated rings. The van der Waals surface area contributed by atoms with Crippen molar-refractivity contribution in [1.29, 1.82) is 0 Å². The molecule has 2 rings (SSSR count). The third kappa shape index (κ3) is 4.06. The van der Waals surface area contributed by atoms with Gasteiger partial charge in [0, 0.05) is 0 Å². The Bertz CT molecular complexity index is 563. The van der Waals surface area contributed by atoms with Crippen molar-refractivity contribution >= 4 is 15.8 Å². The molecule has 5 heteroatoms. The summed E-state index contributed by atoms with van der Waals surface area (Å²) in [6, 6.07) is 7.61. The molecule has 0 N–H and O–H groups in total. The van der Waals surface area contributed by atoms with Crippen molar-refractivity contribution in [2.45, 2.75) is 32.3 Å². The first kappa shape index (κ1) is 14.1. The van der Waals surface area contributed by atoms with Gasteiger partial charge >= 0.3 is 5.97 Å². The van der Waals surface area contributed by atoms with E-state index in [2.05, 4.69) is 0 Å².